The van der Waals surface area contributed by atoms with Gasteiger partial charge in [0.1, 0.15) is 5.41 Å². The molecule has 4 rings (SSSR count). The van der Waals surface area contributed by atoms with Crippen molar-refractivity contribution in [1.29, 1.82) is 5.26 Å². The first-order chi connectivity index (χ1) is 14.1. The number of hydrogen-bond acceptors (Lipinski definition) is 3. The molecule has 146 valence electrons. The van der Waals surface area contributed by atoms with Gasteiger partial charge in [-0.1, -0.05) is 61.4 Å². The molecular weight excluding hydrogens is 360 g/mol. The fraction of sp³-hybridized carbons (Fsp3) is 0.292. The summed E-state index contributed by atoms with van der Waals surface area (Å²) in [5, 5.41) is 14.5. The molecule has 5 heteroatoms. The van der Waals surface area contributed by atoms with E-state index in [2.05, 4.69) is 6.07 Å². The van der Waals surface area contributed by atoms with Crippen molar-refractivity contribution in [3.8, 4) is 23.0 Å². The number of carbonyl (C=O) groups is 1. The highest BCUT2D eigenvalue weighted by atomic mass is 16.2. The summed E-state index contributed by atoms with van der Waals surface area (Å²) in [7, 11) is 1.79. The van der Waals surface area contributed by atoms with E-state index in [0.29, 0.717) is 19.4 Å². The molecule has 0 aliphatic heterocycles. The second kappa shape index (κ2) is 7.92. The van der Waals surface area contributed by atoms with E-state index in [1.54, 1.807) is 11.9 Å². The lowest BCUT2D eigenvalue weighted by molar-refractivity contribution is -0.138. The number of nitrogens with zero attached hydrogens (tertiary/aromatic N) is 4. The third-order valence-electron chi connectivity index (χ3n) is 5.69. The summed E-state index contributed by atoms with van der Waals surface area (Å²) in [5.74, 6) is -0.0797. The maximum absolute atomic E-state index is 13.1. The Labute approximate surface area is 171 Å². The van der Waals surface area contributed by atoms with Crippen LogP contribution in [0.25, 0.3) is 16.9 Å². The van der Waals surface area contributed by atoms with E-state index in [-0.39, 0.29) is 5.91 Å². The summed E-state index contributed by atoms with van der Waals surface area (Å²) in [6, 6.07) is 22.2. The van der Waals surface area contributed by atoms with Gasteiger partial charge in [-0.2, -0.15) is 10.4 Å². The van der Waals surface area contributed by atoms with Gasteiger partial charge in [0.15, 0.2) is 0 Å². The number of nitriles is 1. The number of hydrogen-bond donors (Lipinski definition) is 0. The molecule has 0 unspecified atom stereocenters. The number of para-hydroxylation sites is 1. The number of rotatable bonds is 5. The Morgan fingerprint density at radius 3 is 2.34 bits per heavy atom. The van der Waals surface area contributed by atoms with Crippen molar-refractivity contribution >= 4 is 5.91 Å². The first kappa shape index (κ1) is 18.9. The van der Waals surface area contributed by atoms with E-state index in [0.717, 1.165) is 35.3 Å². The van der Waals surface area contributed by atoms with Crippen molar-refractivity contribution in [1.82, 2.24) is 14.7 Å². The second-order valence-corrected chi connectivity index (χ2v) is 7.71. The van der Waals surface area contributed by atoms with Gasteiger partial charge in [0, 0.05) is 30.9 Å². The number of aromatic nitrogens is 2. The molecule has 1 amide bonds. The van der Waals surface area contributed by atoms with Gasteiger partial charge in [0.25, 0.3) is 0 Å². The van der Waals surface area contributed by atoms with Gasteiger partial charge in [0.2, 0.25) is 5.91 Å². The zero-order valence-corrected chi connectivity index (χ0v) is 16.6. The fourth-order valence-electron chi connectivity index (χ4n) is 4.12. The molecule has 1 aliphatic carbocycles. The Bertz CT molecular complexity index is 1030. The topological polar surface area (TPSA) is 61.9 Å². The van der Waals surface area contributed by atoms with Crippen LogP contribution < -0.4 is 0 Å². The zero-order valence-electron chi connectivity index (χ0n) is 16.6. The lowest BCUT2D eigenvalue weighted by Gasteiger charge is -2.26. The maximum Gasteiger partial charge on any atom is 0.243 e. The SMILES string of the molecule is CN(Cc1cn(-c2ccccc2)nc1-c1ccccc1)C(=O)C1(C#N)CCCC1. The Hall–Kier alpha value is -3.39. The van der Waals surface area contributed by atoms with Gasteiger partial charge >= 0.3 is 0 Å². The average Bonchev–Trinajstić information content (AvgIpc) is 3.42. The van der Waals surface area contributed by atoms with E-state index in [4.69, 9.17) is 5.10 Å². The van der Waals surface area contributed by atoms with Crippen LogP contribution in [0.1, 0.15) is 31.2 Å². The molecule has 0 spiro atoms. The predicted octanol–water partition coefficient (Wildman–Crippen LogP) is 4.58. The Balaban J connectivity index is 1.68. The van der Waals surface area contributed by atoms with Crippen LogP contribution in [-0.4, -0.2) is 27.6 Å². The number of amides is 1. The quantitative estimate of drug-likeness (QED) is 0.647. The molecule has 0 radical (unpaired) electrons. The molecule has 0 bridgehead atoms. The van der Waals surface area contributed by atoms with E-state index in [1.807, 2.05) is 71.5 Å². The summed E-state index contributed by atoms with van der Waals surface area (Å²) < 4.78 is 1.85. The van der Waals surface area contributed by atoms with E-state index in [1.165, 1.54) is 0 Å². The molecule has 0 N–H and O–H groups in total. The first-order valence-electron chi connectivity index (χ1n) is 9.99. The van der Waals surface area contributed by atoms with Gasteiger partial charge in [0.05, 0.1) is 17.5 Å². The van der Waals surface area contributed by atoms with E-state index in [9.17, 15) is 10.1 Å². The Morgan fingerprint density at radius 2 is 1.72 bits per heavy atom. The van der Waals surface area contributed by atoms with E-state index >= 15 is 0 Å². The minimum absolute atomic E-state index is 0.0797. The van der Waals surface area contributed by atoms with Crippen LogP contribution in [0.15, 0.2) is 66.9 Å². The van der Waals surface area contributed by atoms with Crippen molar-refractivity contribution in [3.05, 3.63) is 72.4 Å². The van der Waals surface area contributed by atoms with Crippen LogP contribution in [0, 0.1) is 16.7 Å². The van der Waals surface area contributed by atoms with Crippen LogP contribution in [-0.2, 0) is 11.3 Å². The van der Waals surface area contributed by atoms with Crippen molar-refractivity contribution in [2.75, 3.05) is 7.05 Å². The number of carbonyl (C=O) groups excluding carboxylic acids is 1. The summed E-state index contributed by atoms with van der Waals surface area (Å²) >= 11 is 0. The smallest absolute Gasteiger partial charge is 0.243 e. The molecular formula is C24H24N4O. The van der Waals surface area contributed by atoms with Crippen LogP contribution in [0.4, 0.5) is 0 Å². The molecule has 1 saturated carbocycles. The summed E-state index contributed by atoms with van der Waals surface area (Å²) in [5.41, 5.74) is 2.92. The Morgan fingerprint density at radius 1 is 1.10 bits per heavy atom. The average molecular weight is 384 g/mol. The third-order valence-corrected chi connectivity index (χ3v) is 5.69. The minimum Gasteiger partial charge on any atom is -0.340 e. The van der Waals surface area contributed by atoms with Crippen LogP contribution in [0.5, 0.6) is 0 Å². The molecule has 1 heterocycles. The molecule has 0 atom stereocenters. The zero-order chi connectivity index (χ0) is 20.3. The molecule has 3 aromatic rings. The van der Waals surface area contributed by atoms with Crippen LogP contribution in [0.2, 0.25) is 0 Å². The molecule has 0 saturated heterocycles. The van der Waals surface area contributed by atoms with E-state index < -0.39 is 5.41 Å². The van der Waals surface area contributed by atoms with Crippen molar-refractivity contribution in [2.24, 2.45) is 5.41 Å². The molecule has 5 nitrogen and oxygen atoms in total. The molecule has 1 fully saturated rings. The normalized spacial score (nSPS) is 15.0. The maximum atomic E-state index is 13.1. The third kappa shape index (κ3) is 3.66. The lowest BCUT2D eigenvalue weighted by Crippen LogP contribution is -2.39. The fourth-order valence-corrected chi connectivity index (χ4v) is 4.12. The molecule has 2 aromatic carbocycles. The lowest BCUT2D eigenvalue weighted by atomic mass is 9.86. The molecule has 1 aliphatic rings. The first-order valence-corrected chi connectivity index (χ1v) is 9.99. The van der Waals surface area contributed by atoms with Gasteiger partial charge in [-0.25, -0.2) is 4.68 Å². The second-order valence-electron chi connectivity index (χ2n) is 7.71. The summed E-state index contributed by atoms with van der Waals surface area (Å²) in [6.07, 6.45) is 5.17. The largest absolute Gasteiger partial charge is 0.340 e. The number of benzene rings is 2. The minimum atomic E-state index is -0.864. The predicted molar refractivity (Wildman–Crippen MR) is 112 cm³/mol. The Kier molecular flexibility index (Phi) is 5.18. The molecule has 1 aromatic heterocycles. The highest BCUT2D eigenvalue weighted by Crippen LogP contribution is 2.39. The highest BCUT2D eigenvalue weighted by molar-refractivity contribution is 5.85. The monoisotopic (exact) mass is 384 g/mol. The van der Waals surface area contributed by atoms with Gasteiger partial charge in [-0.3, -0.25) is 4.79 Å². The van der Waals surface area contributed by atoms with Gasteiger partial charge in [-0.15, -0.1) is 0 Å². The summed E-state index contributed by atoms with van der Waals surface area (Å²) in [4.78, 5) is 14.8. The highest BCUT2D eigenvalue weighted by Gasteiger charge is 2.43. The van der Waals surface area contributed by atoms with Crippen molar-refractivity contribution in [3.63, 3.8) is 0 Å². The van der Waals surface area contributed by atoms with Crippen molar-refractivity contribution in [2.45, 2.75) is 32.2 Å². The summed E-state index contributed by atoms with van der Waals surface area (Å²) in [6.45, 7) is 0.416. The van der Waals surface area contributed by atoms with Gasteiger partial charge < -0.3 is 4.90 Å². The van der Waals surface area contributed by atoms with Crippen molar-refractivity contribution < 1.29 is 4.79 Å². The van der Waals surface area contributed by atoms with Crippen LogP contribution >= 0.6 is 0 Å². The molecule has 29 heavy (non-hydrogen) atoms. The van der Waals surface area contributed by atoms with Gasteiger partial charge in [-0.05, 0) is 25.0 Å². The standard InChI is InChI=1S/C24H24N4O/c1-27(23(29)24(18-25)14-8-9-15-24)16-20-17-28(21-12-6-3-7-13-21)26-22(20)19-10-4-2-5-11-19/h2-7,10-13,17H,8-9,14-16H2,1H3. The van der Waals surface area contributed by atoms with Crippen LogP contribution in [0.3, 0.4) is 0 Å².